The molecule has 4 rings (SSSR count). The molecule has 24 heavy (non-hydrogen) atoms. The number of carbonyl (C=O) groups is 2. The lowest BCUT2D eigenvalue weighted by atomic mass is 10.1. The first-order chi connectivity index (χ1) is 11.7. The maximum absolute atomic E-state index is 12.9. The summed E-state index contributed by atoms with van der Waals surface area (Å²) in [6.07, 6.45) is 2.07. The maximum atomic E-state index is 12.9. The zero-order valence-electron chi connectivity index (χ0n) is 13.3. The van der Waals surface area contributed by atoms with Crippen molar-refractivity contribution in [1.82, 2.24) is 10.2 Å². The van der Waals surface area contributed by atoms with Crippen molar-refractivity contribution in [1.29, 1.82) is 0 Å². The summed E-state index contributed by atoms with van der Waals surface area (Å²) in [7, 11) is 0. The van der Waals surface area contributed by atoms with E-state index in [1.165, 1.54) is 4.88 Å². The lowest BCUT2D eigenvalue weighted by Crippen LogP contribution is -2.30. The summed E-state index contributed by atoms with van der Waals surface area (Å²) < 4.78 is 0. The topological polar surface area (TPSA) is 52.7 Å². The van der Waals surface area contributed by atoms with Gasteiger partial charge in [-0.3, -0.25) is 9.69 Å². The number of nitrogens with one attached hydrogen (secondary N) is 1. The molecule has 1 N–H and O–H groups in total. The zero-order chi connectivity index (χ0) is 16.5. The van der Waals surface area contributed by atoms with E-state index in [4.69, 9.17) is 0 Å². The van der Waals surface area contributed by atoms with Gasteiger partial charge in [0.05, 0.1) is 6.04 Å². The quantitative estimate of drug-likeness (QED) is 0.932. The highest BCUT2D eigenvalue weighted by Gasteiger charge is 2.31. The zero-order valence-corrected chi connectivity index (χ0v) is 14.1. The molecule has 5 nitrogen and oxygen atoms in total. The number of hydrogen-bond acceptors (Lipinski definition) is 3. The number of benzene rings is 1. The van der Waals surface area contributed by atoms with Crippen molar-refractivity contribution in [3.63, 3.8) is 0 Å². The van der Waals surface area contributed by atoms with Crippen molar-refractivity contribution >= 4 is 29.0 Å². The highest BCUT2D eigenvalue weighted by atomic mass is 32.1. The molecule has 2 fully saturated rings. The van der Waals surface area contributed by atoms with Gasteiger partial charge in [0.25, 0.3) is 5.91 Å². The molecule has 0 spiro atoms. The molecule has 0 unspecified atom stereocenters. The maximum Gasteiger partial charge on any atom is 0.321 e. The molecule has 1 aromatic heterocycles. The van der Waals surface area contributed by atoms with Crippen LogP contribution >= 0.6 is 11.3 Å². The van der Waals surface area contributed by atoms with Crippen LogP contribution in [0.4, 0.5) is 10.5 Å². The molecule has 1 atom stereocenters. The van der Waals surface area contributed by atoms with Crippen molar-refractivity contribution in [2.45, 2.75) is 18.9 Å². The Kier molecular flexibility index (Phi) is 3.98. The summed E-state index contributed by atoms with van der Waals surface area (Å²) in [6.45, 7) is 2.13. The van der Waals surface area contributed by atoms with E-state index in [0.29, 0.717) is 18.7 Å². The summed E-state index contributed by atoms with van der Waals surface area (Å²) in [5.74, 6) is 0.0725. The van der Waals surface area contributed by atoms with Gasteiger partial charge in [0.2, 0.25) is 0 Å². The Morgan fingerprint density at radius 3 is 2.67 bits per heavy atom. The highest BCUT2D eigenvalue weighted by Crippen LogP contribution is 2.35. The molecular weight excluding hydrogens is 322 g/mol. The van der Waals surface area contributed by atoms with Crippen LogP contribution in [0, 0.1) is 0 Å². The molecule has 0 bridgehead atoms. The highest BCUT2D eigenvalue weighted by molar-refractivity contribution is 7.10. The number of anilines is 1. The number of thiophene rings is 1. The number of rotatable bonds is 3. The fourth-order valence-corrected chi connectivity index (χ4v) is 4.33. The summed E-state index contributed by atoms with van der Waals surface area (Å²) in [6, 6.07) is 11.6. The monoisotopic (exact) mass is 341 g/mol. The van der Waals surface area contributed by atoms with Crippen LogP contribution in [0.2, 0.25) is 0 Å². The average Bonchev–Trinajstić information content (AvgIpc) is 3.35. The third-order valence-corrected chi connectivity index (χ3v) is 5.64. The second-order valence-corrected chi connectivity index (χ2v) is 7.08. The Bertz CT molecular complexity index is 742. The van der Waals surface area contributed by atoms with Crippen LogP contribution in [-0.4, -0.2) is 36.5 Å². The molecule has 6 heteroatoms. The molecule has 0 radical (unpaired) electrons. The third-order valence-electron chi connectivity index (χ3n) is 4.67. The molecule has 0 saturated carbocycles. The third kappa shape index (κ3) is 2.67. The molecule has 0 aliphatic carbocycles. The van der Waals surface area contributed by atoms with Crippen LogP contribution in [-0.2, 0) is 0 Å². The van der Waals surface area contributed by atoms with Crippen molar-refractivity contribution in [2.75, 3.05) is 24.5 Å². The predicted octanol–water partition coefficient (Wildman–Crippen LogP) is 3.26. The Hall–Kier alpha value is -2.34. The molecule has 1 aromatic carbocycles. The van der Waals surface area contributed by atoms with Gasteiger partial charge in [-0.2, -0.15) is 0 Å². The van der Waals surface area contributed by atoms with Gasteiger partial charge < -0.3 is 10.2 Å². The molecular formula is C18H19N3O2S. The van der Waals surface area contributed by atoms with Crippen LogP contribution in [0.15, 0.2) is 41.8 Å². The van der Waals surface area contributed by atoms with Gasteiger partial charge in [-0.1, -0.05) is 6.07 Å². The van der Waals surface area contributed by atoms with Crippen molar-refractivity contribution in [2.24, 2.45) is 0 Å². The number of nitrogens with zero attached hydrogens (tertiary/aromatic N) is 2. The van der Waals surface area contributed by atoms with E-state index in [9.17, 15) is 9.59 Å². The Morgan fingerprint density at radius 1 is 1.17 bits per heavy atom. The van der Waals surface area contributed by atoms with Gasteiger partial charge in [0.1, 0.15) is 0 Å². The summed E-state index contributed by atoms with van der Waals surface area (Å²) >= 11 is 1.71. The number of amides is 3. The van der Waals surface area contributed by atoms with Gasteiger partial charge in [0, 0.05) is 35.8 Å². The molecule has 2 aliphatic heterocycles. The second kappa shape index (κ2) is 6.28. The van der Waals surface area contributed by atoms with Crippen LogP contribution in [0.1, 0.15) is 34.1 Å². The number of urea groups is 1. The Labute approximate surface area is 144 Å². The number of carbonyl (C=O) groups excluding carboxylic acids is 2. The standard InChI is InChI=1S/C18H19N3O2S/c22-17(21-10-1-3-15(21)16-4-2-12-24-16)13-5-7-14(8-6-13)20-11-9-19-18(20)23/h2,4-8,12,15H,1,3,9-11H2,(H,19,23)/t15-/m0/s1. The van der Waals surface area contributed by atoms with E-state index in [0.717, 1.165) is 25.1 Å². The van der Waals surface area contributed by atoms with E-state index in [1.54, 1.807) is 16.2 Å². The minimum atomic E-state index is -0.0774. The number of likely N-dealkylation sites (tertiary alicyclic amines) is 1. The van der Waals surface area contributed by atoms with Gasteiger partial charge in [-0.15, -0.1) is 11.3 Å². The largest absolute Gasteiger partial charge is 0.336 e. The fraction of sp³-hybridized carbons (Fsp3) is 0.333. The minimum absolute atomic E-state index is 0.0725. The van der Waals surface area contributed by atoms with Gasteiger partial charge >= 0.3 is 6.03 Å². The van der Waals surface area contributed by atoms with Crippen molar-refractivity contribution < 1.29 is 9.59 Å². The van der Waals surface area contributed by atoms with Gasteiger partial charge in [0.15, 0.2) is 0 Å². The molecule has 2 saturated heterocycles. The first kappa shape index (κ1) is 15.2. The smallest absolute Gasteiger partial charge is 0.321 e. The molecule has 2 aromatic rings. The minimum Gasteiger partial charge on any atom is -0.336 e. The van der Waals surface area contributed by atoms with Crippen molar-refractivity contribution in [3.05, 3.63) is 52.2 Å². The Morgan fingerprint density at radius 2 is 2.00 bits per heavy atom. The summed E-state index contributed by atoms with van der Waals surface area (Å²) in [5, 5.41) is 4.85. The van der Waals surface area contributed by atoms with Crippen LogP contribution in [0.5, 0.6) is 0 Å². The molecule has 2 aliphatic rings. The Balaban J connectivity index is 1.53. The van der Waals surface area contributed by atoms with E-state index in [-0.39, 0.29) is 18.0 Å². The molecule has 3 heterocycles. The SMILES string of the molecule is O=C1NCCN1c1ccc(C(=O)N2CCC[C@H]2c2cccs2)cc1. The lowest BCUT2D eigenvalue weighted by Gasteiger charge is -2.24. The van der Waals surface area contributed by atoms with E-state index in [2.05, 4.69) is 16.8 Å². The summed E-state index contributed by atoms with van der Waals surface area (Å²) in [4.78, 5) is 29.5. The second-order valence-electron chi connectivity index (χ2n) is 6.10. The van der Waals surface area contributed by atoms with Gasteiger partial charge in [-0.05, 0) is 48.6 Å². The molecule has 3 amide bonds. The predicted molar refractivity (Wildman–Crippen MR) is 94.5 cm³/mol. The van der Waals surface area contributed by atoms with E-state index >= 15 is 0 Å². The van der Waals surface area contributed by atoms with Crippen LogP contribution < -0.4 is 10.2 Å². The average molecular weight is 341 g/mol. The normalized spacial score (nSPS) is 20.5. The van der Waals surface area contributed by atoms with Gasteiger partial charge in [-0.25, -0.2) is 4.79 Å². The fourth-order valence-electron chi connectivity index (χ4n) is 3.45. The van der Waals surface area contributed by atoms with Crippen LogP contribution in [0.25, 0.3) is 0 Å². The number of hydrogen-bond donors (Lipinski definition) is 1. The summed E-state index contributed by atoms with van der Waals surface area (Å²) in [5.41, 5.74) is 1.51. The first-order valence-corrected chi connectivity index (χ1v) is 9.12. The van der Waals surface area contributed by atoms with Crippen molar-refractivity contribution in [3.8, 4) is 0 Å². The van der Waals surface area contributed by atoms with E-state index < -0.39 is 0 Å². The van der Waals surface area contributed by atoms with Crippen LogP contribution in [0.3, 0.4) is 0 Å². The first-order valence-electron chi connectivity index (χ1n) is 8.24. The van der Waals surface area contributed by atoms with E-state index in [1.807, 2.05) is 35.2 Å². The lowest BCUT2D eigenvalue weighted by molar-refractivity contribution is 0.0738. The molecule has 124 valence electrons.